The van der Waals surface area contributed by atoms with Crippen LogP contribution in [0.25, 0.3) is 0 Å². The lowest BCUT2D eigenvalue weighted by Crippen LogP contribution is -2.15. The van der Waals surface area contributed by atoms with Crippen molar-refractivity contribution in [1.82, 2.24) is 0 Å². The molecule has 0 bridgehead atoms. The minimum absolute atomic E-state index is 0.118. The predicted octanol–water partition coefficient (Wildman–Crippen LogP) is 3.11. The number of rotatable bonds is 6. The van der Waals surface area contributed by atoms with Crippen molar-refractivity contribution in [3.8, 4) is 0 Å². The Bertz CT molecular complexity index is 413. The van der Waals surface area contributed by atoms with E-state index in [1.165, 1.54) is 0 Å². The number of carboxylic acid groups (broad SMARTS) is 1. The highest BCUT2D eigenvalue weighted by Gasteiger charge is 2.44. The first-order valence-corrected chi connectivity index (χ1v) is 6.02. The van der Waals surface area contributed by atoms with E-state index in [0.29, 0.717) is 18.2 Å². The Balaban J connectivity index is 1.80. The molecular formula is C13H15ClO3. The second-order valence-corrected chi connectivity index (χ2v) is 5.06. The van der Waals surface area contributed by atoms with Crippen LogP contribution in [0.4, 0.5) is 0 Å². The standard InChI is InChI=1S/C13H15ClO3/c14-11-4-2-1-3-10(11)8-17-9-13(5-6-13)7-12(15)16/h1-4H,5-9H2,(H,15,16). The summed E-state index contributed by atoms with van der Waals surface area (Å²) < 4.78 is 5.58. The van der Waals surface area contributed by atoms with Crippen LogP contribution >= 0.6 is 11.6 Å². The van der Waals surface area contributed by atoms with E-state index < -0.39 is 5.97 Å². The maximum atomic E-state index is 10.7. The molecule has 0 radical (unpaired) electrons. The molecule has 1 saturated carbocycles. The van der Waals surface area contributed by atoms with Crippen molar-refractivity contribution >= 4 is 17.6 Å². The van der Waals surface area contributed by atoms with Crippen LogP contribution < -0.4 is 0 Å². The summed E-state index contributed by atoms with van der Waals surface area (Å²) in [7, 11) is 0. The molecule has 0 atom stereocenters. The molecule has 0 unspecified atom stereocenters. The van der Waals surface area contributed by atoms with Crippen molar-refractivity contribution in [3.63, 3.8) is 0 Å². The summed E-state index contributed by atoms with van der Waals surface area (Å²) in [6.45, 7) is 0.950. The number of hydrogen-bond acceptors (Lipinski definition) is 2. The van der Waals surface area contributed by atoms with Gasteiger partial charge in [-0.1, -0.05) is 29.8 Å². The third-order valence-corrected chi connectivity index (χ3v) is 3.48. The third kappa shape index (κ3) is 3.45. The molecule has 1 aliphatic carbocycles. The molecule has 4 heteroatoms. The zero-order valence-electron chi connectivity index (χ0n) is 9.49. The molecule has 2 rings (SSSR count). The van der Waals surface area contributed by atoms with Gasteiger partial charge in [-0.15, -0.1) is 0 Å². The minimum atomic E-state index is -0.746. The summed E-state index contributed by atoms with van der Waals surface area (Å²) in [5.74, 6) is -0.746. The Labute approximate surface area is 105 Å². The molecule has 1 fully saturated rings. The first kappa shape index (κ1) is 12.4. The largest absolute Gasteiger partial charge is 0.481 e. The second kappa shape index (κ2) is 5.07. The van der Waals surface area contributed by atoms with Crippen LogP contribution in [0.15, 0.2) is 24.3 Å². The number of aliphatic carboxylic acids is 1. The lowest BCUT2D eigenvalue weighted by molar-refractivity contribution is -0.139. The van der Waals surface area contributed by atoms with Crippen LogP contribution in [0.3, 0.4) is 0 Å². The van der Waals surface area contributed by atoms with Gasteiger partial charge in [-0.05, 0) is 24.5 Å². The molecule has 92 valence electrons. The highest BCUT2D eigenvalue weighted by atomic mass is 35.5. The second-order valence-electron chi connectivity index (χ2n) is 4.65. The van der Waals surface area contributed by atoms with Crippen molar-refractivity contribution < 1.29 is 14.6 Å². The Morgan fingerprint density at radius 2 is 2.12 bits per heavy atom. The average Bonchev–Trinajstić information content (AvgIpc) is 3.00. The van der Waals surface area contributed by atoms with Crippen LogP contribution in [0, 0.1) is 5.41 Å². The van der Waals surface area contributed by atoms with Crippen LogP contribution in [0.2, 0.25) is 5.02 Å². The zero-order valence-corrected chi connectivity index (χ0v) is 10.2. The Morgan fingerprint density at radius 3 is 2.71 bits per heavy atom. The molecule has 17 heavy (non-hydrogen) atoms. The quantitative estimate of drug-likeness (QED) is 0.849. The Morgan fingerprint density at radius 1 is 1.41 bits per heavy atom. The van der Waals surface area contributed by atoms with Gasteiger partial charge >= 0.3 is 5.97 Å². The van der Waals surface area contributed by atoms with Crippen molar-refractivity contribution in [2.45, 2.75) is 25.9 Å². The fourth-order valence-electron chi connectivity index (χ4n) is 1.86. The molecule has 3 nitrogen and oxygen atoms in total. The monoisotopic (exact) mass is 254 g/mol. The zero-order chi connectivity index (χ0) is 12.3. The molecule has 0 aliphatic heterocycles. The Kier molecular flexibility index (Phi) is 3.69. The molecular weight excluding hydrogens is 240 g/mol. The van der Waals surface area contributed by atoms with E-state index in [9.17, 15) is 4.79 Å². The van der Waals surface area contributed by atoms with Gasteiger partial charge in [-0.3, -0.25) is 4.79 Å². The van der Waals surface area contributed by atoms with E-state index in [1.807, 2.05) is 24.3 Å². The first-order chi connectivity index (χ1) is 8.11. The molecule has 0 spiro atoms. The van der Waals surface area contributed by atoms with E-state index in [0.717, 1.165) is 18.4 Å². The van der Waals surface area contributed by atoms with E-state index in [2.05, 4.69) is 0 Å². The number of carbonyl (C=O) groups is 1. The molecule has 0 amide bonds. The highest BCUT2D eigenvalue weighted by molar-refractivity contribution is 6.31. The molecule has 0 heterocycles. The maximum absolute atomic E-state index is 10.7. The fraction of sp³-hybridized carbons (Fsp3) is 0.462. The number of carboxylic acids is 1. The third-order valence-electron chi connectivity index (χ3n) is 3.11. The normalized spacial score (nSPS) is 16.8. The van der Waals surface area contributed by atoms with E-state index >= 15 is 0 Å². The van der Waals surface area contributed by atoms with Gasteiger partial charge in [0.2, 0.25) is 0 Å². The molecule has 0 saturated heterocycles. The number of benzene rings is 1. The molecule has 1 N–H and O–H groups in total. The molecule has 1 aromatic carbocycles. The SMILES string of the molecule is O=C(O)CC1(COCc2ccccc2Cl)CC1. The average molecular weight is 255 g/mol. The van der Waals surface area contributed by atoms with Gasteiger partial charge in [-0.2, -0.15) is 0 Å². The van der Waals surface area contributed by atoms with Crippen molar-refractivity contribution in [1.29, 1.82) is 0 Å². The Hall–Kier alpha value is -1.06. The van der Waals surface area contributed by atoms with Gasteiger partial charge in [0.25, 0.3) is 0 Å². The summed E-state index contributed by atoms with van der Waals surface area (Å²) in [6, 6.07) is 7.52. The van der Waals surface area contributed by atoms with Crippen molar-refractivity contribution in [3.05, 3.63) is 34.9 Å². The summed E-state index contributed by atoms with van der Waals surface area (Å²) in [4.78, 5) is 10.7. The summed E-state index contributed by atoms with van der Waals surface area (Å²) in [6.07, 6.45) is 2.10. The topological polar surface area (TPSA) is 46.5 Å². The fourth-order valence-corrected chi connectivity index (χ4v) is 2.05. The van der Waals surface area contributed by atoms with Gasteiger partial charge in [0.05, 0.1) is 19.6 Å². The van der Waals surface area contributed by atoms with Crippen LogP contribution in [-0.2, 0) is 16.1 Å². The predicted molar refractivity (Wildman–Crippen MR) is 65.0 cm³/mol. The highest BCUT2D eigenvalue weighted by Crippen LogP contribution is 2.49. The van der Waals surface area contributed by atoms with Crippen molar-refractivity contribution in [2.75, 3.05) is 6.61 Å². The summed E-state index contributed by atoms with van der Waals surface area (Å²) in [5.41, 5.74) is 0.827. The maximum Gasteiger partial charge on any atom is 0.303 e. The minimum Gasteiger partial charge on any atom is -0.481 e. The van der Waals surface area contributed by atoms with Crippen molar-refractivity contribution in [2.24, 2.45) is 5.41 Å². The van der Waals surface area contributed by atoms with Gasteiger partial charge in [0.1, 0.15) is 0 Å². The lowest BCUT2D eigenvalue weighted by atomic mass is 10.0. The van der Waals surface area contributed by atoms with Gasteiger partial charge in [0.15, 0.2) is 0 Å². The number of halogens is 1. The van der Waals surface area contributed by atoms with Crippen LogP contribution in [0.1, 0.15) is 24.8 Å². The first-order valence-electron chi connectivity index (χ1n) is 5.64. The number of hydrogen-bond donors (Lipinski definition) is 1. The van der Waals surface area contributed by atoms with E-state index in [4.69, 9.17) is 21.4 Å². The summed E-state index contributed by atoms with van der Waals surface area (Å²) in [5, 5.41) is 9.46. The van der Waals surface area contributed by atoms with Gasteiger partial charge in [0, 0.05) is 10.4 Å². The van der Waals surface area contributed by atoms with E-state index in [-0.39, 0.29) is 11.8 Å². The van der Waals surface area contributed by atoms with Gasteiger partial charge < -0.3 is 9.84 Å². The smallest absolute Gasteiger partial charge is 0.303 e. The molecule has 1 aromatic rings. The summed E-state index contributed by atoms with van der Waals surface area (Å²) >= 11 is 6.00. The molecule has 0 aromatic heterocycles. The number of ether oxygens (including phenoxy) is 1. The van der Waals surface area contributed by atoms with Gasteiger partial charge in [-0.25, -0.2) is 0 Å². The van der Waals surface area contributed by atoms with Crippen LogP contribution in [0.5, 0.6) is 0 Å². The molecule has 1 aliphatic rings. The van der Waals surface area contributed by atoms with E-state index in [1.54, 1.807) is 0 Å². The lowest BCUT2D eigenvalue weighted by Gasteiger charge is -2.13. The van der Waals surface area contributed by atoms with Crippen LogP contribution in [-0.4, -0.2) is 17.7 Å².